The van der Waals surface area contributed by atoms with E-state index in [0.717, 1.165) is 37.4 Å². The Labute approximate surface area is 137 Å². The number of hydrogen-bond acceptors (Lipinski definition) is 4. The summed E-state index contributed by atoms with van der Waals surface area (Å²) in [5.74, 6) is 0.926. The number of nitrogens with zero attached hydrogens (tertiary/aromatic N) is 1. The Kier molecular flexibility index (Phi) is 6.34. The Balaban J connectivity index is 1.79. The SMILES string of the molecule is CNC1CCN(C(=O)CCNc2cc(Cl)ccc2OC)CC1. The predicted octanol–water partition coefficient (Wildman–Crippen LogP) is 2.36. The van der Waals surface area contributed by atoms with Crippen LogP contribution >= 0.6 is 11.6 Å². The molecule has 1 aliphatic heterocycles. The van der Waals surface area contributed by atoms with Gasteiger partial charge >= 0.3 is 0 Å². The number of amides is 1. The van der Waals surface area contributed by atoms with Crippen LogP contribution in [-0.4, -0.2) is 50.6 Å². The molecule has 0 spiro atoms. The molecule has 5 nitrogen and oxygen atoms in total. The molecule has 0 saturated carbocycles. The third-order valence-corrected chi connectivity index (χ3v) is 4.31. The van der Waals surface area contributed by atoms with Crippen molar-refractivity contribution in [3.8, 4) is 5.75 Å². The summed E-state index contributed by atoms with van der Waals surface area (Å²) in [5.41, 5.74) is 0.816. The quantitative estimate of drug-likeness (QED) is 0.843. The highest BCUT2D eigenvalue weighted by molar-refractivity contribution is 6.30. The summed E-state index contributed by atoms with van der Waals surface area (Å²) in [6.45, 7) is 2.25. The molecular formula is C16H24ClN3O2. The van der Waals surface area contributed by atoms with Crippen LogP contribution in [0.2, 0.25) is 5.02 Å². The zero-order chi connectivity index (χ0) is 15.9. The van der Waals surface area contributed by atoms with E-state index in [1.54, 1.807) is 13.2 Å². The molecule has 22 heavy (non-hydrogen) atoms. The molecule has 1 aromatic rings. The number of carbonyl (C=O) groups is 1. The molecule has 122 valence electrons. The standard InChI is InChI=1S/C16H24ClN3O2/c1-18-13-6-9-20(10-7-13)16(21)5-8-19-14-11-12(17)3-4-15(14)22-2/h3-4,11,13,18-19H,5-10H2,1-2H3. The highest BCUT2D eigenvalue weighted by Crippen LogP contribution is 2.27. The van der Waals surface area contributed by atoms with E-state index in [-0.39, 0.29) is 5.91 Å². The molecule has 0 radical (unpaired) electrons. The van der Waals surface area contributed by atoms with Gasteiger partial charge in [0, 0.05) is 37.1 Å². The van der Waals surface area contributed by atoms with Crippen molar-refractivity contribution < 1.29 is 9.53 Å². The first-order valence-corrected chi connectivity index (χ1v) is 8.04. The number of rotatable bonds is 6. The van der Waals surface area contributed by atoms with Crippen molar-refractivity contribution >= 4 is 23.2 Å². The first kappa shape index (κ1) is 16.9. The molecule has 0 unspecified atom stereocenters. The van der Waals surface area contributed by atoms with Gasteiger partial charge in [-0.1, -0.05) is 11.6 Å². The van der Waals surface area contributed by atoms with E-state index >= 15 is 0 Å². The van der Waals surface area contributed by atoms with Gasteiger partial charge in [0.15, 0.2) is 0 Å². The van der Waals surface area contributed by atoms with Crippen LogP contribution in [0.25, 0.3) is 0 Å². The van der Waals surface area contributed by atoms with Crippen molar-refractivity contribution in [1.82, 2.24) is 10.2 Å². The van der Waals surface area contributed by atoms with Crippen molar-refractivity contribution in [2.24, 2.45) is 0 Å². The van der Waals surface area contributed by atoms with E-state index in [2.05, 4.69) is 10.6 Å². The third kappa shape index (κ3) is 4.52. The molecule has 0 aromatic heterocycles. The van der Waals surface area contributed by atoms with Gasteiger partial charge in [0.05, 0.1) is 12.8 Å². The summed E-state index contributed by atoms with van der Waals surface area (Å²) in [6.07, 6.45) is 2.52. The van der Waals surface area contributed by atoms with Gasteiger partial charge in [-0.25, -0.2) is 0 Å². The minimum atomic E-state index is 0.197. The van der Waals surface area contributed by atoms with Gasteiger partial charge in [0.1, 0.15) is 5.75 Å². The molecule has 1 aliphatic rings. The molecule has 0 atom stereocenters. The van der Waals surface area contributed by atoms with Crippen LogP contribution in [0.15, 0.2) is 18.2 Å². The topological polar surface area (TPSA) is 53.6 Å². The Morgan fingerprint density at radius 2 is 2.14 bits per heavy atom. The van der Waals surface area contributed by atoms with Crippen LogP contribution in [0.3, 0.4) is 0 Å². The van der Waals surface area contributed by atoms with E-state index < -0.39 is 0 Å². The van der Waals surface area contributed by atoms with Crippen LogP contribution in [0.4, 0.5) is 5.69 Å². The number of ether oxygens (including phenoxy) is 1. The minimum Gasteiger partial charge on any atom is -0.495 e. The first-order chi connectivity index (χ1) is 10.6. The van der Waals surface area contributed by atoms with Crippen molar-refractivity contribution in [1.29, 1.82) is 0 Å². The average molecular weight is 326 g/mol. The van der Waals surface area contributed by atoms with Gasteiger partial charge in [0.2, 0.25) is 5.91 Å². The number of halogens is 1. The maximum absolute atomic E-state index is 12.2. The average Bonchev–Trinajstić information content (AvgIpc) is 2.55. The lowest BCUT2D eigenvalue weighted by molar-refractivity contribution is -0.132. The zero-order valence-electron chi connectivity index (χ0n) is 13.2. The fraction of sp³-hybridized carbons (Fsp3) is 0.562. The monoisotopic (exact) mass is 325 g/mol. The fourth-order valence-electron chi connectivity index (χ4n) is 2.70. The lowest BCUT2D eigenvalue weighted by Crippen LogP contribution is -2.44. The molecule has 2 N–H and O–H groups in total. The molecule has 1 saturated heterocycles. The zero-order valence-corrected chi connectivity index (χ0v) is 13.9. The highest BCUT2D eigenvalue weighted by Gasteiger charge is 2.21. The summed E-state index contributed by atoms with van der Waals surface area (Å²) in [6, 6.07) is 5.94. The normalized spacial score (nSPS) is 15.7. The number of piperidine rings is 1. The van der Waals surface area contributed by atoms with Crippen molar-refractivity contribution in [2.75, 3.05) is 39.1 Å². The number of carbonyl (C=O) groups excluding carboxylic acids is 1. The number of methoxy groups -OCH3 is 1. The molecule has 2 rings (SSSR count). The number of nitrogens with one attached hydrogen (secondary N) is 2. The maximum Gasteiger partial charge on any atom is 0.224 e. The summed E-state index contributed by atoms with van der Waals surface area (Å²) in [5, 5.41) is 7.14. The van der Waals surface area contributed by atoms with Crippen LogP contribution in [-0.2, 0) is 4.79 Å². The summed E-state index contributed by atoms with van der Waals surface area (Å²) >= 11 is 5.99. The molecule has 1 aromatic carbocycles. The number of anilines is 1. The van der Waals surface area contributed by atoms with Crippen LogP contribution < -0.4 is 15.4 Å². The fourth-order valence-corrected chi connectivity index (χ4v) is 2.87. The molecular weight excluding hydrogens is 302 g/mol. The van der Waals surface area contributed by atoms with Crippen LogP contribution in [0, 0.1) is 0 Å². The molecule has 0 aliphatic carbocycles. The lowest BCUT2D eigenvalue weighted by atomic mass is 10.1. The Bertz CT molecular complexity index is 502. The number of benzene rings is 1. The van der Waals surface area contributed by atoms with Gasteiger partial charge in [-0.05, 0) is 38.1 Å². The number of likely N-dealkylation sites (tertiary alicyclic amines) is 1. The summed E-state index contributed by atoms with van der Waals surface area (Å²) in [4.78, 5) is 14.2. The van der Waals surface area contributed by atoms with Crippen molar-refractivity contribution in [3.63, 3.8) is 0 Å². The van der Waals surface area contributed by atoms with E-state index in [1.165, 1.54) is 0 Å². The van der Waals surface area contributed by atoms with E-state index in [0.29, 0.717) is 24.0 Å². The summed E-state index contributed by atoms with van der Waals surface area (Å²) in [7, 11) is 3.59. The smallest absolute Gasteiger partial charge is 0.224 e. The number of hydrogen-bond donors (Lipinski definition) is 2. The van der Waals surface area contributed by atoms with Crippen LogP contribution in [0.1, 0.15) is 19.3 Å². The maximum atomic E-state index is 12.2. The summed E-state index contributed by atoms with van der Waals surface area (Å²) < 4.78 is 5.27. The van der Waals surface area contributed by atoms with Gasteiger partial charge in [0.25, 0.3) is 0 Å². The van der Waals surface area contributed by atoms with E-state index in [1.807, 2.05) is 24.1 Å². The van der Waals surface area contributed by atoms with Gasteiger partial charge in [-0.15, -0.1) is 0 Å². The van der Waals surface area contributed by atoms with E-state index in [9.17, 15) is 4.79 Å². The third-order valence-electron chi connectivity index (χ3n) is 4.07. The lowest BCUT2D eigenvalue weighted by Gasteiger charge is -2.32. The van der Waals surface area contributed by atoms with Gasteiger partial charge in [-0.2, -0.15) is 0 Å². The second-order valence-electron chi connectivity index (χ2n) is 5.47. The van der Waals surface area contributed by atoms with Crippen molar-refractivity contribution in [3.05, 3.63) is 23.2 Å². The first-order valence-electron chi connectivity index (χ1n) is 7.66. The predicted molar refractivity (Wildman–Crippen MR) is 89.8 cm³/mol. The molecule has 1 amide bonds. The molecule has 1 fully saturated rings. The van der Waals surface area contributed by atoms with E-state index in [4.69, 9.17) is 16.3 Å². The second-order valence-corrected chi connectivity index (χ2v) is 5.90. The molecule has 0 bridgehead atoms. The van der Waals surface area contributed by atoms with Gasteiger partial charge in [-0.3, -0.25) is 4.79 Å². The van der Waals surface area contributed by atoms with Crippen molar-refractivity contribution in [2.45, 2.75) is 25.3 Å². The van der Waals surface area contributed by atoms with Crippen LogP contribution in [0.5, 0.6) is 5.75 Å². The Morgan fingerprint density at radius 1 is 1.41 bits per heavy atom. The largest absolute Gasteiger partial charge is 0.495 e. The van der Waals surface area contributed by atoms with Gasteiger partial charge < -0.3 is 20.3 Å². The Morgan fingerprint density at radius 3 is 2.77 bits per heavy atom. The second kappa shape index (κ2) is 8.25. The molecule has 1 heterocycles. The Hall–Kier alpha value is -1.46. The minimum absolute atomic E-state index is 0.197. The highest BCUT2D eigenvalue weighted by atomic mass is 35.5. The molecule has 6 heteroatoms.